The lowest BCUT2D eigenvalue weighted by Crippen LogP contribution is -2.57. The van der Waals surface area contributed by atoms with Crippen LogP contribution < -0.4 is 10.3 Å². The fourth-order valence-corrected chi connectivity index (χ4v) is 1.59. The van der Waals surface area contributed by atoms with Crippen molar-refractivity contribution in [2.24, 2.45) is 0 Å². The maximum Gasteiger partial charge on any atom is 0.221 e. The topological polar surface area (TPSA) is 52.5 Å². The van der Waals surface area contributed by atoms with Crippen molar-refractivity contribution < 1.29 is 10.4 Å². The fraction of sp³-hybridized carbons (Fsp3) is 0.571. The van der Waals surface area contributed by atoms with Gasteiger partial charge in [-0.1, -0.05) is 44.8 Å². The number of rotatable bonds is 5. The lowest BCUT2D eigenvalue weighted by Gasteiger charge is -2.22. The van der Waals surface area contributed by atoms with Crippen LogP contribution >= 0.6 is 0 Å². The van der Waals surface area contributed by atoms with Crippen LogP contribution in [-0.2, 0) is 6.42 Å². The molecule has 0 fully saturated rings. The van der Waals surface area contributed by atoms with E-state index in [1.807, 2.05) is 39.8 Å². The highest BCUT2D eigenvalue weighted by molar-refractivity contribution is 5.40. The predicted octanol–water partition coefficient (Wildman–Crippen LogP) is 3.66. The van der Waals surface area contributed by atoms with E-state index >= 15 is 0 Å². The quantitative estimate of drug-likeness (QED) is 0.556. The van der Waals surface area contributed by atoms with Crippen LogP contribution in [0.1, 0.15) is 46.6 Å². The molecule has 18 heavy (non-hydrogen) atoms. The van der Waals surface area contributed by atoms with E-state index in [1.165, 1.54) is 5.56 Å². The Morgan fingerprint density at radius 3 is 2.00 bits per heavy atom. The first kappa shape index (κ1) is 17.1. The molecule has 0 aromatic heterocycles. The van der Waals surface area contributed by atoms with Gasteiger partial charge in [-0.3, -0.25) is 0 Å². The van der Waals surface area contributed by atoms with E-state index < -0.39 is 4.92 Å². The molecule has 0 spiro atoms. The molecule has 0 saturated carbocycles. The third-order valence-corrected chi connectivity index (χ3v) is 2.27. The molecule has 104 valence electrons. The summed E-state index contributed by atoms with van der Waals surface area (Å²) in [4.78, 5) is -1.27. The number of hydrogen-bond acceptors (Lipinski definition) is 3. The molecule has 0 aliphatic heterocycles. The Morgan fingerprint density at radius 1 is 1.11 bits per heavy atom. The molecule has 1 aromatic carbocycles. The Hall–Kier alpha value is -0.940. The second kappa shape index (κ2) is 8.21. The Labute approximate surface area is 110 Å². The number of hydrogen-bond donors (Lipinski definition) is 3. The van der Waals surface area contributed by atoms with E-state index in [0.717, 1.165) is 12.8 Å². The number of benzene rings is 1. The van der Waals surface area contributed by atoms with Gasteiger partial charge in [0.05, 0.1) is 11.0 Å². The zero-order valence-electron chi connectivity index (χ0n) is 12.1. The summed E-state index contributed by atoms with van der Waals surface area (Å²) < 4.78 is 0. The summed E-state index contributed by atoms with van der Waals surface area (Å²) in [5, 5.41) is 19.5. The summed E-state index contributed by atoms with van der Waals surface area (Å²) in [7, 11) is 0. The van der Waals surface area contributed by atoms with Gasteiger partial charge in [0.25, 0.3) is 0 Å². The molecular formula is C14H27N2O2+. The normalized spacial score (nSPS) is 11.1. The van der Waals surface area contributed by atoms with Gasteiger partial charge in [-0.25, -0.2) is 0 Å². The first-order chi connectivity index (χ1) is 8.45. The molecule has 0 atom stereocenters. The van der Waals surface area contributed by atoms with Crippen LogP contribution in [0.3, 0.4) is 0 Å². The van der Waals surface area contributed by atoms with E-state index in [0.29, 0.717) is 5.69 Å². The maximum atomic E-state index is 9.76. The number of nitrogens with zero attached hydrogens (tertiary/aromatic N) is 1. The molecule has 4 nitrogen and oxygen atoms in total. The fourth-order valence-electron chi connectivity index (χ4n) is 1.59. The molecule has 0 aliphatic rings. The summed E-state index contributed by atoms with van der Waals surface area (Å²) in [6.45, 7) is 9.82. The van der Waals surface area contributed by atoms with Gasteiger partial charge in [0.1, 0.15) is 0 Å². The molecule has 0 unspecified atom stereocenters. The van der Waals surface area contributed by atoms with Gasteiger partial charge in [0.2, 0.25) is 5.69 Å². The first-order valence-electron chi connectivity index (χ1n) is 6.67. The molecule has 0 radical (unpaired) electrons. The highest BCUT2D eigenvalue weighted by Crippen LogP contribution is 2.17. The Bertz CT molecular complexity index is 321. The third-order valence-electron chi connectivity index (χ3n) is 2.27. The monoisotopic (exact) mass is 255 g/mol. The van der Waals surface area contributed by atoms with Crippen LogP contribution in [-0.4, -0.2) is 16.5 Å². The standard InChI is InChI=1S/C12H21N2O2.C2H6/c1-4-5-11-6-8-12(9-7-11)14(15,16)13-10(2)3;1-2/h6-10,13,15-16H,4-5H2,1-3H3;1-2H3/q+1;. The lowest BCUT2D eigenvalue weighted by atomic mass is 10.1. The van der Waals surface area contributed by atoms with Crippen LogP contribution in [0.5, 0.6) is 0 Å². The summed E-state index contributed by atoms with van der Waals surface area (Å²) >= 11 is 0. The Morgan fingerprint density at radius 2 is 1.61 bits per heavy atom. The maximum absolute atomic E-state index is 9.76. The van der Waals surface area contributed by atoms with Crippen molar-refractivity contribution >= 4 is 5.69 Å². The molecule has 3 N–H and O–H groups in total. The second-order valence-corrected chi connectivity index (χ2v) is 4.30. The molecular weight excluding hydrogens is 228 g/mol. The summed E-state index contributed by atoms with van der Waals surface area (Å²) in [5.41, 5.74) is 4.25. The van der Waals surface area contributed by atoms with E-state index in [4.69, 9.17) is 0 Å². The minimum Gasteiger partial charge on any atom is -0.155 e. The van der Waals surface area contributed by atoms with Gasteiger partial charge in [-0.05, 0) is 25.8 Å². The molecule has 4 heteroatoms. The minimum atomic E-state index is -1.27. The van der Waals surface area contributed by atoms with Crippen molar-refractivity contribution in [2.45, 2.75) is 53.5 Å². The second-order valence-electron chi connectivity index (χ2n) is 4.30. The third kappa shape index (κ3) is 5.60. The highest BCUT2D eigenvalue weighted by Gasteiger charge is 2.27. The summed E-state index contributed by atoms with van der Waals surface area (Å²) in [6.07, 6.45) is 2.09. The molecule has 0 aliphatic carbocycles. The van der Waals surface area contributed by atoms with Crippen LogP contribution in [0.25, 0.3) is 0 Å². The van der Waals surface area contributed by atoms with Crippen molar-refractivity contribution in [3.05, 3.63) is 29.8 Å². The van der Waals surface area contributed by atoms with Gasteiger partial charge in [0.15, 0.2) is 0 Å². The van der Waals surface area contributed by atoms with Gasteiger partial charge in [0, 0.05) is 12.1 Å². The van der Waals surface area contributed by atoms with Crippen molar-refractivity contribution in [2.75, 3.05) is 0 Å². The number of quaternary nitrogens is 1. The highest BCUT2D eigenvalue weighted by atomic mass is 16.9. The first-order valence-corrected chi connectivity index (χ1v) is 6.67. The summed E-state index contributed by atoms with van der Waals surface area (Å²) in [5.74, 6) is 0. The van der Waals surface area contributed by atoms with Crippen LogP contribution in [0.4, 0.5) is 5.69 Å². The van der Waals surface area contributed by atoms with Crippen molar-refractivity contribution in [3.63, 3.8) is 0 Å². The van der Waals surface area contributed by atoms with Gasteiger partial charge in [-0.15, -0.1) is 0 Å². The number of nitrogens with one attached hydrogen (secondary N) is 1. The van der Waals surface area contributed by atoms with Gasteiger partial charge < -0.3 is 0 Å². The molecule has 0 amide bonds. The van der Waals surface area contributed by atoms with Crippen molar-refractivity contribution in [1.82, 2.24) is 10.3 Å². The lowest BCUT2D eigenvalue weighted by molar-refractivity contribution is -0.328. The van der Waals surface area contributed by atoms with Gasteiger partial charge >= 0.3 is 0 Å². The average Bonchev–Trinajstić information content (AvgIpc) is 2.31. The van der Waals surface area contributed by atoms with Gasteiger partial charge in [-0.2, -0.15) is 10.4 Å². The van der Waals surface area contributed by atoms with E-state index in [2.05, 4.69) is 12.3 Å². The molecule has 0 heterocycles. The summed E-state index contributed by atoms with van der Waals surface area (Å²) in [6, 6.07) is 7.26. The van der Waals surface area contributed by atoms with E-state index in [1.54, 1.807) is 12.1 Å². The number of aryl methyl sites for hydroxylation is 1. The average molecular weight is 255 g/mol. The van der Waals surface area contributed by atoms with Crippen LogP contribution in [0.15, 0.2) is 24.3 Å². The smallest absolute Gasteiger partial charge is 0.155 e. The molecule has 1 rings (SSSR count). The van der Waals surface area contributed by atoms with Crippen LogP contribution in [0.2, 0.25) is 0 Å². The SMILES string of the molecule is CC.CCCc1ccc([N+](O)(O)NC(C)C)cc1. The predicted molar refractivity (Wildman–Crippen MR) is 75.4 cm³/mol. The zero-order valence-corrected chi connectivity index (χ0v) is 12.1. The molecule has 0 bridgehead atoms. The largest absolute Gasteiger partial charge is 0.221 e. The van der Waals surface area contributed by atoms with Crippen LogP contribution in [0, 0.1) is 0 Å². The van der Waals surface area contributed by atoms with E-state index in [9.17, 15) is 10.4 Å². The zero-order chi connectivity index (χ0) is 14.2. The Balaban J connectivity index is 0.00000137. The minimum absolute atomic E-state index is 0.0229. The molecule has 1 aromatic rings. The van der Waals surface area contributed by atoms with Crippen molar-refractivity contribution in [1.29, 1.82) is 0 Å². The molecule has 0 saturated heterocycles. The van der Waals surface area contributed by atoms with E-state index in [-0.39, 0.29) is 6.04 Å². The Kier molecular flexibility index (Phi) is 7.78. The van der Waals surface area contributed by atoms with Crippen molar-refractivity contribution in [3.8, 4) is 0 Å².